The van der Waals surface area contributed by atoms with Gasteiger partial charge in [0, 0.05) is 7.05 Å². The fourth-order valence-electron chi connectivity index (χ4n) is 2.50. The maximum atomic E-state index is 12.1. The molecule has 3 aliphatic heterocycles. The molecule has 18 heavy (non-hydrogen) atoms. The molecule has 3 saturated heterocycles. The van der Waals surface area contributed by atoms with Gasteiger partial charge in [-0.2, -0.15) is 0 Å². The highest BCUT2D eigenvalue weighted by Crippen LogP contribution is 2.35. The summed E-state index contributed by atoms with van der Waals surface area (Å²) in [7, 11) is 5.14. The van der Waals surface area contributed by atoms with Crippen LogP contribution in [0.5, 0.6) is 0 Å². The summed E-state index contributed by atoms with van der Waals surface area (Å²) in [4.78, 5) is 35.6. The highest BCUT2D eigenvalue weighted by Gasteiger charge is 2.69. The number of likely N-dealkylation sites (N-methyl/N-ethyl adjacent to an activating group) is 2. The van der Waals surface area contributed by atoms with Crippen LogP contribution in [-0.2, 0) is 19.5 Å². The molecule has 1 atom stereocenters. The molecule has 3 rings (SSSR count). The summed E-state index contributed by atoms with van der Waals surface area (Å²) >= 11 is 0. The van der Waals surface area contributed by atoms with Gasteiger partial charge in [-0.1, -0.05) is 10.0 Å². The Morgan fingerprint density at radius 2 is 1.72 bits per heavy atom. The first-order chi connectivity index (χ1) is 8.34. The number of carbonyl (C=O) groups is 2. The fourth-order valence-corrected chi connectivity index (χ4v) is 2.50. The van der Waals surface area contributed by atoms with Crippen LogP contribution in [-0.4, -0.2) is 83.9 Å². The molecule has 3 heterocycles. The van der Waals surface area contributed by atoms with Crippen LogP contribution < -0.4 is 0 Å². The standard InChI is InChI=1S/C9H17N5O4/c1-10-6-8(15)11-4-5-12-9(16)7-13(2,3)18-14(11,12)17-10/h4-7H2,1-3H3/q+2. The zero-order chi connectivity index (χ0) is 13.1. The van der Waals surface area contributed by atoms with Crippen LogP contribution in [0, 0.1) is 0 Å². The third-order valence-electron chi connectivity index (χ3n) is 3.16. The van der Waals surface area contributed by atoms with E-state index in [9.17, 15) is 9.59 Å². The predicted octanol–water partition coefficient (Wildman–Crippen LogP) is -1.97. The normalized spacial score (nSPS) is 35.7. The van der Waals surface area contributed by atoms with Gasteiger partial charge in [0.1, 0.15) is 33.7 Å². The van der Waals surface area contributed by atoms with Gasteiger partial charge in [0.25, 0.3) is 5.91 Å². The maximum absolute atomic E-state index is 12.1. The summed E-state index contributed by atoms with van der Waals surface area (Å²) in [6.07, 6.45) is 0. The molecule has 0 bridgehead atoms. The second-order valence-electron chi connectivity index (χ2n) is 5.21. The smallest absolute Gasteiger partial charge is 0.268 e. The maximum Gasteiger partial charge on any atom is 0.334 e. The summed E-state index contributed by atoms with van der Waals surface area (Å²) in [5, 5.41) is 3.62. The Morgan fingerprint density at radius 1 is 1.11 bits per heavy atom. The zero-order valence-corrected chi connectivity index (χ0v) is 10.7. The molecule has 0 aromatic rings. The van der Waals surface area contributed by atoms with Crippen molar-refractivity contribution < 1.29 is 29.1 Å². The van der Waals surface area contributed by atoms with Gasteiger partial charge in [0.2, 0.25) is 5.03 Å². The highest BCUT2D eigenvalue weighted by molar-refractivity contribution is 5.79. The fraction of sp³-hybridized carbons (Fsp3) is 0.778. The second kappa shape index (κ2) is 3.39. The van der Waals surface area contributed by atoms with Crippen molar-refractivity contribution in [3.05, 3.63) is 0 Å². The van der Waals surface area contributed by atoms with Gasteiger partial charge in [-0.05, 0) is 4.94 Å². The van der Waals surface area contributed by atoms with Gasteiger partial charge in [0.05, 0.1) is 4.94 Å². The first kappa shape index (κ1) is 11.8. The van der Waals surface area contributed by atoms with E-state index in [1.54, 1.807) is 21.1 Å². The van der Waals surface area contributed by atoms with E-state index in [0.717, 1.165) is 0 Å². The number of quaternary nitrogens is 2. The Balaban J connectivity index is 2.04. The number of hydrogen-bond donors (Lipinski definition) is 0. The van der Waals surface area contributed by atoms with Crippen molar-refractivity contribution in [1.29, 1.82) is 0 Å². The van der Waals surface area contributed by atoms with E-state index in [1.807, 2.05) is 0 Å². The molecule has 0 saturated carbocycles. The predicted molar refractivity (Wildman–Crippen MR) is 55.5 cm³/mol. The molecule has 1 unspecified atom stereocenters. The van der Waals surface area contributed by atoms with Crippen molar-refractivity contribution >= 4 is 11.8 Å². The van der Waals surface area contributed by atoms with Crippen LogP contribution in [0.25, 0.3) is 0 Å². The third kappa shape index (κ3) is 1.45. The van der Waals surface area contributed by atoms with E-state index >= 15 is 0 Å². The van der Waals surface area contributed by atoms with E-state index in [2.05, 4.69) is 0 Å². The van der Waals surface area contributed by atoms with Crippen molar-refractivity contribution in [1.82, 2.24) is 15.1 Å². The number of amides is 2. The van der Waals surface area contributed by atoms with Gasteiger partial charge < -0.3 is 0 Å². The molecule has 3 aliphatic rings. The number of hydrogen-bond acceptors (Lipinski definition) is 5. The van der Waals surface area contributed by atoms with Crippen molar-refractivity contribution in [3.8, 4) is 0 Å². The molecule has 9 heteroatoms. The molecule has 9 nitrogen and oxygen atoms in total. The average Bonchev–Trinajstić information content (AvgIpc) is 2.53. The topological polar surface area (TPSA) is 62.3 Å². The molecule has 0 aromatic carbocycles. The van der Waals surface area contributed by atoms with Gasteiger partial charge in [-0.3, -0.25) is 9.59 Å². The van der Waals surface area contributed by atoms with Crippen LogP contribution in [0.4, 0.5) is 0 Å². The minimum atomic E-state index is -0.624. The van der Waals surface area contributed by atoms with Gasteiger partial charge in [0.15, 0.2) is 6.54 Å². The molecule has 0 aromatic heterocycles. The van der Waals surface area contributed by atoms with E-state index < -0.39 is 5.03 Å². The van der Waals surface area contributed by atoms with Crippen molar-refractivity contribution in [2.45, 2.75) is 0 Å². The quantitative estimate of drug-likeness (QED) is 0.472. The summed E-state index contributed by atoms with van der Waals surface area (Å²) in [6, 6.07) is 0. The Bertz CT molecular complexity index is 419. The van der Waals surface area contributed by atoms with Crippen LogP contribution in [0.15, 0.2) is 0 Å². The van der Waals surface area contributed by atoms with E-state index in [0.29, 0.717) is 13.1 Å². The Labute approximate surface area is 104 Å². The number of carbonyl (C=O) groups excluding carboxylic acids is 2. The molecule has 100 valence electrons. The Hall–Kier alpha value is -1.26. The molecule has 2 amide bonds. The lowest BCUT2D eigenvalue weighted by atomic mass is 10.5. The molecule has 0 aliphatic carbocycles. The summed E-state index contributed by atoms with van der Waals surface area (Å²) < 4.78 is 0.00690. The minimum Gasteiger partial charge on any atom is -0.268 e. The second-order valence-corrected chi connectivity index (χ2v) is 5.21. The first-order valence-corrected chi connectivity index (χ1v) is 5.80. The van der Waals surface area contributed by atoms with E-state index in [-0.39, 0.29) is 29.6 Å². The number of nitrogens with zero attached hydrogens (tertiary/aromatic N) is 5. The monoisotopic (exact) mass is 259 g/mol. The van der Waals surface area contributed by atoms with Gasteiger partial charge in [-0.15, -0.1) is 9.71 Å². The summed E-state index contributed by atoms with van der Waals surface area (Å²) in [5.74, 6) is -0.224. The molecule has 0 radical (unpaired) electrons. The first-order valence-electron chi connectivity index (χ1n) is 5.80. The van der Waals surface area contributed by atoms with Crippen LogP contribution in [0.1, 0.15) is 0 Å². The van der Waals surface area contributed by atoms with Crippen molar-refractivity contribution in [2.75, 3.05) is 47.3 Å². The van der Waals surface area contributed by atoms with Crippen molar-refractivity contribution in [3.63, 3.8) is 0 Å². The minimum absolute atomic E-state index is 0.00690. The third-order valence-corrected chi connectivity index (χ3v) is 3.16. The molecular weight excluding hydrogens is 242 g/mol. The number of rotatable bonds is 0. The molecule has 1 spiro atoms. The summed E-state index contributed by atoms with van der Waals surface area (Å²) in [6.45, 7) is 1.20. The molecule has 0 N–H and O–H groups in total. The lowest BCUT2D eigenvalue weighted by Crippen LogP contribution is -2.78. The van der Waals surface area contributed by atoms with E-state index in [1.165, 1.54) is 15.1 Å². The SMILES string of the molecule is CN1CC(=O)N2CCN3C(=O)C[N+](C)(C)O[N+]23O1. The lowest BCUT2D eigenvalue weighted by molar-refractivity contribution is -1.50. The molecular formula is C9H17N5O4+2. The van der Waals surface area contributed by atoms with Crippen molar-refractivity contribution in [2.24, 2.45) is 0 Å². The Kier molecular flexibility index (Phi) is 2.23. The van der Waals surface area contributed by atoms with Crippen LogP contribution in [0.3, 0.4) is 0 Å². The lowest BCUT2D eigenvalue weighted by Gasteiger charge is -2.44. The largest absolute Gasteiger partial charge is 0.334 e. The van der Waals surface area contributed by atoms with Gasteiger partial charge >= 0.3 is 5.91 Å². The van der Waals surface area contributed by atoms with Crippen LogP contribution >= 0.6 is 0 Å². The van der Waals surface area contributed by atoms with E-state index in [4.69, 9.17) is 9.88 Å². The average molecular weight is 259 g/mol. The highest BCUT2D eigenvalue weighted by atomic mass is 17.2. The zero-order valence-electron chi connectivity index (χ0n) is 10.7. The number of hydroxylamine groups is 5. The summed E-state index contributed by atoms with van der Waals surface area (Å²) in [5.41, 5.74) is 0. The Morgan fingerprint density at radius 3 is 2.39 bits per heavy atom. The van der Waals surface area contributed by atoms with Crippen LogP contribution in [0.2, 0.25) is 0 Å². The molecule has 3 fully saturated rings. The van der Waals surface area contributed by atoms with Gasteiger partial charge in [-0.25, -0.2) is 0 Å².